The molecule has 0 radical (unpaired) electrons. The summed E-state index contributed by atoms with van der Waals surface area (Å²) in [5, 5.41) is 0. The zero-order valence-corrected chi connectivity index (χ0v) is 15.9. The lowest BCUT2D eigenvalue weighted by atomic mass is 10.0. The number of allylic oxidation sites excluding steroid dienone is 4. The van der Waals surface area contributed by atoms with Crippen molar-refractivity contribution in [2.24, 2.45) is 0 Å². The first-order valence-corrected chi connectivity index (χ1v) is 9.12. The maximum absolute atomic E-state index is 4.63. The number of hydrogen-bond acceptors (Lipinski definition) is 3. The van der Waals surface area contributed by atoms with Gasteiger partial charge in [0.15, 0.2) is 0 Å². The summed E-state index contributed by atoms with van der Waals surface area (Å²) in [6.45, 7) is 9.47. The molecule has 0 amide bonds. The maximum atomic E-state index is 4.63. The van der Waals surface area contributed by atoms with Crippen LogP contribution in [0.5, 0.6) is 0 Å². The number of unbranched alkanes of at least 4 members (excludes halogenated alkanes) is 2. The van der Waals surface area contributed by atoms with Crippen LogP contribution in [0.15, 0.2) is 60.5 Å². The third kappa shape index (κ3) is 5.56. The van der Waals surface area contributed by atoms with E-state index >= 15 is 0 Å². The summed E-state index contributed by atoms with van der Waals surface area (Å²) in [5.74, 6) is 1.90. The number of hydrogen-bond donors (Lipinski definition) is 0. The molecule has 2 aromatic rings. The minimum atomic E-state index is 0.926. The zero-order chi connectivity index (χ0) is 18.1. The topological polar surface area (TPSA) is 29.0 Å². The molecule has 0 aliphatic heterocycles. The van der Waals surface area contributed by atoms with Crippen molar-refractivity contribution < 1.29 is 0 Å². The second kappa shape index (κ2) is 9.77. The Bertz CT molecular complexity index is 713. The maximum Gasteiger partial charge on any atom is 0.134 e. The summed E-state index contributed by atoms with van der Waals surface area (Å²) in [6, 6.07) is 10.3. The average Bonchev–Trinajstić information content (AvgIpc) is 2.64. The van der Waals surface area contributed by atoms with Crippen molar-refractivity contribution in [3.05, 3.63) is 66.0 Å². The molecular formula is C22H29N3. The Hall–Kier alpha value is -2.42. The minimum Gasteiger partial charge on any atom is -0.311 e. The fourth-order valence-electron chi connectivity index (χ4n) is 2.77. The first-order chi connectivity index (χ1) is 12.2. The summed E-state index contributed by atoms with van der Waals surface area (Å²) in [6.07, 6.45) is 11.6. The lowest BCUT2D eigenvalue weighted by Crippen LogP contribution is -2.20. The zero-order valence-electron chi connectivity index (χ0n) is 15.9. The molecule has 0 spiro atoms. The highest BCUT2D eigenvalue weighted by atomic mass is 15.2. The number of aromatic nitrogens is 2. The van der Waals surface area contributed by atoms with Crippen molar-refractivity contribution in [3.8, 4) is 0 Å². The molecule has 132 valence electrons. The van der Waals surface area contributed by atoms with Gasteiger partial charge in [0.1, 0.15) is 11.6 Å². The average molecular weight is 335 g/mol. The molecule has 3 nitrogen and oxygen atoms in total. The van der Waals surface area contributed by atoms with Crippen LogP contribution in [0.1, 0.15) is 52.5 Å². The first-order valence-electron chi connectivity index (χ1n) is 9.12. The molecule has 0 aromatic carbocycles. The molecule has 0 atom stereocenters. The Balaban J connectivity index is 2.37. The predicted molar refractivity (Wildman–Crippen MR) is 108 cm³/mol. The molecule has 2 rings (SSSR count). The van der Waals surface area contributed by atoms with Crippen molar-refractivity contribution in [2.45, 2.75) is 47.0 Å². The van der Waals surface area contributed by atoms with E-state index in [0.717, 1.165) is 24.6 Å². The van der Waals surface area contributed by atoms with Gasteiger partial charge < -0.3 is 4.90 Å². The van der Waals surface area contributed by atoms with Crippen LogP contribution in [0.3, 0.4) is 0 Å². The Morgan fingerprint density at radius 1 is 1.04 bits per heavy atom. The molecule has 0 N–H and O–H groups in total. The van der Waals surface area contributed by atoms with Crippen LogP contribution in [0.2, 0.25) is 0 Å². The van der Waals surface area contributed by atoms with E-state index < -0.39 is 0 Å². The van der Waals surface area contributed by atoms with Crippen molar-refractivity contribution in [1.82, 2.24) is 9.97 Å². The summed E-state index contributed by atoms with van der Waals surface area (Å²) in [5.41, 5.74) is 3.69. The largest absolute Gasteiger partial charge is 0.311 e. The predicted octanol–water partition coefficient (Wildman–Crippen LogP) is 6.17. The van der Waals surface area contributed by atoms with Crippen LogP contribution in [-0.4, -0.2) is 16.5 Å². The minimum absolute atomic E-state index is 0.926. The summed E-state index contributed by atoms with van der Waals surface area (Å²) >= 11 is 0. The fourth-order valence-corrected chi connectivity index (χ4v) is 2.77. The number of nitrogens with zero attached hydrogens (tertiary/aromatic N) is 3. The van der Waals surface area contributed by atoms with Crippen LogP contribution < -0.4 is 4.90 Å². The highest BCUT2D eigenvalue weighted by Crippen LogP contribution is 2.26. The van der Waals surface area contributed by atoms with Gasteiger partial charge >= 0.3 is 0 Å². The van der Waals surface area contributed by atoms with Gasteiger partial charge in [-0.1, -0.05) is 43.6 Å². The van der Waals surface area contributed by atoms with Gasteiger partial charge in [0, 0.05) is 18.9 Å². The second-order valence-electron chi connectivity index (χ2n) is 6.42. The highest BCUT2D eigenvalue weighted by Gasteiger charge is 2.12. The van der Waals surface area contributed by atoms with Crippen LogP contribution in [-0.2, 0) is 0 Å². The van der Waals surface area contributed by atoms with E-state index in [1.54, 1.807) is 0 Å². The first kappa shape index (κ1) is 18.9. The van der Waals surface area contributed by atoms with Crippen LogP contribution in [0, 0.1) is 0 Å². The van der Waals surface area contributed by atoms with E-state index in [9.17, 15) is 0 Å². The van der Waals surface area contributed by atoms with E-state index in [1.807, 2.05) is 30.6 Å². The molecule has 3 heteroatoms. The van der Waals surface area contributed by atoms with Gasteiger partial charge in [0.05, 0.1) is 0 Å². The quantitative estimate of drug-likeness (QED) is 0.426. The van der Waals surface area contributed by atoms with Crippen molar-refractivity contribution in [1.29, 1.82) is 0 Å². The number of pyridine rings is 2. The van der Waals surface area contributed by atoms with E-state index in [2.05, 4.69) is 66.8 Å². The lowest BCUT2D eigenvalue weighted by molar-refractivity contribution is 0.710. The number of anilines is 2. The Kier molecular flexibility index (Phi) is 7.39. The summed E-state index contributed by atoms with van der Waals surface area (Å²) in [7, 11) is 0. The molecule has 0 saturated carbocycles. The highest BCUT2D eigenvalue weighted by molar-refractivity contribution is 5.76. The second-order valence-corrected chi connectivity index (χ2v) is 6.42. The van der Waals surface area contributed by atoms with Crippen LogP contribution >= 0.6 is 0 Å². The Labute approximate surface area is 152 Å². The Morgan fingerprint density at radius 3 is 2.48 bits per heavy atom. The van der Waals surface area contributed by atoms with E-state index in [4.69, 9.17) is 0 Å². The Morgan fingerprint density at radius 2 is 1.84 bits per heavy atom. The van der Waals surface area contributed by atoms with Gasteiger partial charge in [-0.2, -0.15) is 0 Å². The van der Waals surface area contributed by atoms with Gasteiger partial charge in [-0.3, -0.25) is 0 Å². The number of rotatable bonds is 8. The third-order valence-electron chi connectivity index (χ3n) is 4.02. The molecular weight excluding hydrogens is 306 g/mol. The third-order valence-corrected chi connectivity index (χ3v) is 4.02. The molecule has 0 bridgehead atoms. The molecule has 0 aliphatic rings. The van der Waals surface area contributed by atoms with Crippen LogP contribution in [0.25, 0.3) is 5.57 Å². The van der Waals surface area contributed by atoms with Gasteiger partial charge in [0.2, 0.25) is 0 Å². The SMILES string of the molecule is CC=C(C=C(C)C)c1ccnc(N(CCCCC)c2ccccn2)c1. The van der Waals surface area contributed by atoms with E-state index in [1.165, 1.54) is 29.6 Å². The van der Waals surface area contributed by atoms with E-state index in [-0.39, 0.29) is 0 Å². The van der Waals surface area contributed by atoms with Gasteiger partial charge in [-0.15, -0.1) is 0 Å². The van der Waals surface area contributed by atoms with Gasteiger partial charge in [-0.25, -0.2) is 9.97 Å². The monoisotopic (exact) mass is 335 g/mol. The lowest BCUT2D eigenvalue weighted by Gasteiger charge is -2.23. The molecule has 0 aliphatic carbocycles. The summed E-state index contributed by atoms with van der Waals surface area (Å²) < 4.78 is 0. The van der Waals surface area contributed by atoms with Gasteiger partial charge in [-0.05, 0) is 62.6 Å². The smallest absolute Gasteiger partial charge is 0.134 e. The molecule has 0 fully saturated rings. The van der Waals surface area contributed by atoms with Crippen molar-refractivity contribution >= 4 is 17.2 Å². The molecule has 2 aromatic heterocycles. The summed E-state index contributed by atoms with van der Waals surface area (Å²) in [4.78, 5) is 11.4. The molecule has 0 unspecified atom stereocenters. The normalized spacial score (nSPS) is 11.3. The molecule has 0 saturated heterocycles. The van der Waals surface area contributed by atoms with Crippen LogP contribution in [0.4, 0.5) is 11.6 Å². The van der Waals surface area contributed by atoms with Crippen molar-refractivity contribution in [3.63, 3.8) is 0 Å². The van der Waals surface area contributed by atoms with E-state index in [0.29, 0.717) is 0 Å². The van der Waals surface area contributed by atoms with Crippen molar-refractivity contribution in [2.75, 3.05) is 11.4 Å². The standard InChI is InChI=1S/C22H29N3/c1-5-7-10-15-25(21-11-8-9-13-23-21)22-17-20(12-14-24-22)19(6-2)16-18(3)4/h6,8-9,11-14,16-17H,5,7,10,15H2,1-4H3. The van der Waals surface area contributed by atoms with Gasteiger partial charge in [0.25, 0.3) is 0 Å². The fraction of sp³-hybridized carbons (Fsp3) is 0.364. The molecule has 25 heavy (non-hydrogen) atoms. The molecule has 2 heterocycles.